The highest BCUT2D eigenvalue weighted by Gasteiger charge is 2.10. The van der Waals surface area contributed by atoms with Gasteiger partial charge in [-0.05, 0) is 29.9 Å². The fraction of sp³-hybridized carbons (Fsp3) is 0.333. The Labute approximate surface area is 127 Å². The van der Waals surface area contributed by atoms with Crippen LogP contribution in [-0.2, 0) is 5.75 Å². The molecular weight excluding hydrogens is 288 g/mol. The SMILES string of the molecule is CSCc1ccc(C(=O)Nc2nc(C(C)C)cs2)cc1. The number of hydrogen-bond acceptors (Lipinski definition) is 4. The van der Waals surface area contributed by atoms with E-state index < -0.39 is 0 Å². The van der Waals surface area contributed by atoms with Crippen molar-refractivity contribution in [3.63, 3.8) is 0 Å². The highest BCUT2D eigenvalue weighted by atomic mass is 32.2. The maximum absolute atomic E-state index is 12.1. The molecule has 2 aromatic rings. The van der Waals surface area contributed by atoms with Gasteiger partial charge in [-0.2, -0.15) is 11.8 Å². The second-order valence-corrected chi connectivity index (χ2v) is 6.54. The Bertz CT molecular complexity index is 576. The molecule has 0 spiro atoms. The zero-order valence-corrected chi connectivity index (χ0v) is 13.5. The summed E-state index contributed by atoms with van der Waals surface area (Å²) in [5.74, 6) is 1.24. The fourth-order valence-electron chi connectivity index (χ4n) is 1.70. The van der Waals surface area contributed by atoms with Crippen molar-refractivity contribution in [2.75, 3.05) is 11.6 Å². The third-order valence-corrected chi connectivity index (χ3v) is 4.26. The average Bonchev–Trinajstić information content (AvgIpc) is 2.88. The summed E-state index contributed by atoms with van der Waals surface area (Å²) >= 11 is 3.23. The quantitative estimate of drug-likeness (QED) is 0.891. The number of carbonyl (C=O) groups excluding carboxylic acids is 1. The molecule has 3 nitrogen and oxygen atoms in total. The highest BCUT2D eigenvalue weighted by Crippen LogP contribution is 2.22. The molecule has 1 heterocycles. The van der Waals surface area contributed by atoms with Crippen LogP contribution >= 0.6 is 23.1 Å². The first-order chi connectivity index (χ1) is 9.60. The van der Waals surface area contributed by atoms with Crippen LogP contribution in [0.2, 0.25) is 0 Å². The minimum atomic E-state index is -0.106. The Balaban J connectivity index is 2.03. The van der Waals surface area contributed by atoms with Crippen molar-refractivity contribution in [1.82, 2.24) is 4.98 Å². The van der Waals surface area contributed by atoms with E-state index in [4.69, 9.17) is 0 Å². The fourth-order valence-corrected chi connectivity index (χ4v) is 3.09. The molecule has 0 saturated heterocycles. The molecule has 0 fully saturated rings. The third kappa shape index (κ3) is 3.84. The molecule has 0 aliphatic heterocycles. The Morgan fingerprint density at radius 3 is 2.60 bits per heavy atom. The first kappa shape index (κ1) is 15.1. The lowest BCUT2D eigenvalue weighted by Crippen LogP contribution is -2.11. The van der Waals surface area contributed by atoms with Gasteiger partial charge in [-0.1, -0.05) is 26.0 Å². The van der Waals surface area contributed by atoms with E-state index in [9.17, 15) is 4.79 Å². The summed E-state index contributed by atoms with van der Waals surface area (Å²) in [6, 6.07) is 7.70. The second-order valence-electron chi connectivity index (χ2n) is 4.82. The van der Waals surface area contributed by atoms with Crippen molar-refractivity contribution < 1.29 is 4.79 Å². The van der Waals surface area contributed by atoms with Gasteiger partial charge in [-0.25, -0.2) is 4.98 Å². The maximum atomic E-state index is 12.1. The van der Waals surface area contributed by atoms with Crippen LogP contribution in [0.25, 0.3) is 0 Å². The van der Waals surface area contributed by atoms with Gasteiger partial charge >= 0.3 is 0 Å². The number of nitrogens with zero attached hydrogens (tertiary/aromatic N) is 1. The van der Waals surface area contributed by atoms with Crippen LogP contribution in [0.4, 0.5) is 5.13 Å². The third-order valence-electron chi connectivity index (χ3n) is 2.86. The maximum Gasteiger partial charge on any atom is 0.257 e. The van der Waals surface area contributed by atoms with Gasteiger partial charge in [0.05, 0.1) is 5.69 Å². The lowest BCUT2D eigenvalue weighted by atomic mass is 10.1. The molecule has 1 N–H and O–H groups in total. The lowest BCUT2D eigenvalue weighted by Gasteiger charge is -2.03. The van der Waals surface area contributed by atoms with Gasteiger partial charge in [-0.3, -0.25) is 10.1 Å². The molecule has 0 aliphatic rings. The molecular formula is C15H18N2OS2. The van der Waals surface area contributed by atoms with Gasteiger partial charge in [0.1, 0.15) is 0 Å². The van der Waals surface area contributed by atoms with Crippen LogP contribution in [0.15, 0.2) is 29.6 Å². The van der Waals surface area contributed by atoms with E-state index in [-0.39, 0.29) is 5.91 Å². The number of rotatable bonds is 5. The summed E-state index contributed by atoms with van der Waals surface area (Å²) in [5.41, 5.74) is 2.90. The Morgan fingerprint density at radius 2 is 2.05 bits per heavy atom. The topological polar surface area (TPSA) is 42.0 Å². The van der Waals surface area contributed by atoms with Gasteiger partial charge in [0.25, 0.3) is 5.91 Å². The van der Waals surface area contributed by atoms with Gasteiger partial charge in [0.2, 0.25) is 0 Å². The van der Waals surface area contributed by atoms with E-state index >= 15 is 0 Å². The molecule has 5 heteroatoms. The number of aromatic nitrogens is 1. The molecule has 0 aliphatic carbocycles. The number of carbonyl (C=O) groups is 1. The number of thioether (sulfide) groups is 1. The number of thiazole rings is 1. The van der Waals surface area contributed by atoms with Gasteiger partial charge in [-0.15, -0.1) is 11.3 Å². The highest BCUT2D eigenvalue weighted by molar-refractivity contribution is 7.97. The normalized spacial score (nSPS) is 10.8. The molecule has 1 aromatic carbocycles. The monoisotopic (exact) mass is 306 g/mol. The van der Waals surface area contributed by atoms with Gasteiger partial charge in [0.15, 0.2) is 5.13 Å². The predicted octanol–water partition coefficient (Wildman–Crippen LogP) is 4.38. The molecule has 0 saturated carbocycles. The molecule has 0 radical (unpaired) electrons. The summed E-state index contributed by atoms with van der Waals surface area (Å²) in [5, 5.41) is 5.50. The molecule has 0 bridgehead atoms. The number of anilines is 1. The van der Waals surface area contributed by atoms with Crippen molar-refractivity contribution in [2.24, 2.45) is 0 Å². The van der Waals surface area contributed by atoms with Crippen molar-refractivity contribution in [3.05, 3.63) is 46.5 Å². The van der Waals surface area contributed by atoms with E-state index in [2.05, 4.69) is 30.4 Å². The molecule has 0 unspecified atom stereocenters. The summed E-state index contributed by atoms with van der Waals surface area (Å²) < 4.78 is 0. The van der Waals surface area contributed by atoms with E-state index in [1.807, 2.05) is 29.6 Å². The van der Waals surface area contributed by atoms with E-state index in [0.29, 0.717) is 16.6 Å². The summed E-state index contributed by atoms with van der Waals surface area (Å²) in [6.07, 6.45) is 2.06. The predicted molar refractivity (Wildman–Crippen MR) is 87.8 cm³/mol. The van der Waals surface area contributed by atoms with Crippen LogP contribution in [0, 0.1) is 0 Å². The van der Waals surface area contributed by atoms with Gasteiger partial charge < -0.3 is 0 Å². The van der Waals surface area contributed by atoms with E-state index in [1.165, 1.54) is 16.9 Å². The summed E-state index contributed by atoms with van der Waals surface area (Å²) in [6.45, 7) is 4.18. The van der Waals surface area contributed by atoms with E-state index in [0.717, 1.165) is 11.4 Å². The number of nitrogens with one attached hydrogen (secondary N) is 1. The molecule has 1 aromatic heterocycles. The minimum absolute atomic E-state index is 0.106. The molecule has 0 atom stereocenters. The Hall–Kier alpha value is -1.33. The van der Waals surface area contributed by atoms with Crippen molar-refractivity contribution in [1.29, 1.82) is 0 Å². The number of amides is 1. The van der Waals surface area contributed by atoms with Crippen LogP contribution in [-0.4, -0.2) is 17.1 Å². The van der Waals surface area contributed by atoms with Crippen LogP contribution in [0.1, 0.15) is 41.4 Å². The van der Waals surface area contributed by atoms with Crippen molar-refractivity contribution >= 4 is 34.1 Å². The van der Waals surface area contributed by atoms with Crippen molar-refractivity contribution in [3.8, 4) is 0 Å². The van der Waals surface area contributed by atoms with E-state index in [1.54, 1.807) is 11.8 Å². The molecule has 2 rings (SSSR count). The van der Waals surface area contributed by atoms with Crippen LogP contribution in [0.5, 0.6) is 0 Å². The first-order valence-corrected chi connectivity index (χ1v) is 8.72. The first-order valence-electron chi connectivity index (χ1n) is 6.45. The smallest absolute Gasteiger partial charge is 0.257 e. The second kappa shape index (κ2) is 6.90. The lowest BCUT2D eigenvalue weighted by molar-refractivity contribution is 0.102. The van der Waals surface area contributed by atoms with Crippen LogP contribution < -0.4 is 5.32 Å². The summed E-state index contributed by atoms with van der Waals surface area (Å²) in [7, 11) is 0. The Morgan fingerprint density at radius 1 is 1.35 bits per heavy atom. The zero-order valence-electron chi connectivity index (χ0n) is 11.8. The largest absolute Gasteiger partial charge is 0.298 e. The zero-order chi connectivity index (χ0) is 14.5. The number of benzene rings is 1. The van der Waals surface area contributed by atoms with Crippen molar-refractivity contribution in [2.45, 2.75) is 25.5 Å². The Kier molecular flexibility index (Phi) is 5.20. The van der Waals surface area contributed by atoms with Crippen LogP contribution in [0.3, 0.4) is 0 Å². The molecule has 20 heavy (non-hydrogen) atoms. The standard InChI is InChI=1S/C15H18N2OS2/c1-10(2)13-9-20-15(16-13)17-14(18)12-6-4-11(5-7-12)8-19-3/h4-7,9-10H,8H2,1-3H3,(H,16,17,18). The molecule has 1 amide bonds. The minimum Gasteiger partial charge on any atom is -0.298 e. The van der Waals surface area contributed by atoms with Gasteiger partial charge in [0, 0.05) is 16.7 Å². The average molecular weight is 306 g/mol. The summed E-state index contributed by atoms with van der Waals surface area (Å²) in [4.78, 5) is 16.5. The molecule has 106 valence electrons. The number of hydrogen-bond donors (Lipinski definition) is 1.